The highest BCUT2D eigenvalue weighted by molar-refractivity contribution is 5.45. The third-order valence-electron chi connectivity index (χ3n) is 3.81. The average molecular weight is 271 g/mol. The fourth-order valence-corrected chi connectivity index (χ4v) is 2.19. The fraction of sp³-hybridized carbons (Fsp3) is 0.333. The molecule has 0 saturated carbocycles. The molecular formula is C18H22FN. The molecule has 0 amide bonds. The Balaban J connectivity index is 1.98. The summed E-state index contributed by atoms with van der Waals surface area (Å²) in [6.07, 6.45) is 1.15. The van der Waals surface area contributed by atoms with E-state index >= 15 is 0 Å². The van der Waals surface area contributed by atoms with Gasteiger partial charge >= 0.3 is 0 Å². The van der Waals surface area contributed by atoms with Gasteiger partial charge in [0.15, 0.2) is 0 Å². The quantitative estimate of drug-likeness (QED) is 0.782. The number of halogens is 1. The van der Waals surface area contributed by atoms with Gasteiger partial charge in [0.2, 0.25) is 0 Å². The summed E-state index contributed by atoms with van der Waals surface area (Å²) in [7, 11) is 0. The Kier molecular flexibility index (Phi) is 4.78. The van der Waals surface area contributed by atoms with Crippen LogP contribution in [-0.4, -0.2) is 0 Å². The molecule has 1 nitrogen and oxygen atoms in total. The molecule has 0 spiro atoms. The molecule has 0 radical (unpaired) electrons. The van der Waals surface area contributed by atoms with E-state index in [0.29, 0.717) is 18.0 Å². The van der Waals surface area contributed by atoms with E-state index in [9.17, 15) is 4.39 Å². The largest absolute Gasteiger partial charge is 0.381 e. The molecule has 0 aliphatic heterocycles. The SMILES string of the molecule is CCC(C)c1ccc(NCc2ccc(F)c(C)c2)cc1. The van der Waals surface area contributed by atoms with E-state index < -0.39 is 0 Å². The van der Waals surface area contributed by atoms with E-state index in [0.717, 1.165) is 17.7 Å². The van der Waals surface area contributed by atoms with Gasteiger partial charge in [0.1, 0.15) is 5.82 Å². The van der Waals surface area contributed by atoms with Crippen LogP contribution in [0.1, 0.15) is 42.9 Å². The Labute approximate surface area is 120 Å². The van der Waals surface area contributed by atoms with Gasteiger partial charge < -0.3 is 5.32 Å². The van der Waals surface area contributed by atoms with E-state index in [2.05, 4.69) is 43.4 Å². The molecule has 0 aliphatic carbocycles. The van der Waals surface area contributed by atoms with Gasteiger partial charge in [-0.15, -0.1) is 0 Å². The van der Waals surface area contributed by atoms with Crippen molar-refractivity contribution < 1.29 is 4.39 Å². The van der Waals surface area contributed by atoms with Gasteiger partial charge in [-0.25, -0.2) is 4.39 Å². The fourth-order valence-electron chi connectivity index (χ4n) is 2.19. The summed E-state index contributed by atoms with van der Waals surface area (Å²) in [6, 6.07) is 13.8. The Morgan fingerprint density at radius 3 is 2.40 bits per heavy atom. The van der Waals surface area contributed by atoms with Crippen molar-refractivity contribution >= 4 is 5.69 Å². The average Bonchev–Trinajstić information content (AvgIpc) is 2.48. The van der Waals surface area contributed by atoms with E-state index in [1.54, 1.807) is 6.92 Å². The number of nitrogens with one attached hydrogen (secondary N) is 1. The van der Waals surface area contributed by atoms with Crippen molar-refractivity contribution in [2.75, 3.05) is 5.32 Å². The summed E-state index contributed by atoms with van der Waals surface area (Å²) in [4.78, 5) is 0. The lowest BCUT2D eigenvalue weighted by molar-refractivity contribution is 0.617. The zero-order valence-corrected chi connectivity index (χ0v) is 12.4. The Morgan fingerprint density at radius 1 is 1.10 bits per heavy atom. The minimum Gasteiger partial charge on any atom is -0.381 e. The number of anilines is 1. The van der Waals surface area contributed by atoms with Crippen LogP contribution in [0.5, 0.6) is 0 Å². The standard InChI is InChI=1S/C18H22FN/c1-4-13(2)16-6-8-17(9-7-16)20-12-15-5-10-18(19)14(3)11-15/h5-11,13,20H,4,12H2,1-3H3. The molecule has 0 heterocycles. The number of aryl methyl sites for hydroxylation is 1. The van der Waals surface area contributed by atoms with Crippen molar-refractivity contribution in [3.05, 3.63) is 65.0 Å². The van der Waals surface area contributed by atoms with Crippen LogP contribution in [0.3, 0.4) is 0 Å². The van der Waals surface area contributed by atoms with Crippen molar-refractivity contribution in [2.24, 2.45) is 0 Å². The molecule has 2 rings (SSSR count). The monoisotopic (exact) mass is 271 g/mol. The summed E-state index contributed by atoms with van der Waals surface area (Å²) in [5.74, 6) is 0.454. The first kappa shape index (κ1) is 14.6. The van der Waals surface area contributed by atoms with Gasteiger partial charge in [0.25, 0.3) is 0 Å². The number of hydrogen-bond acceptors (Lipinski definition) is 1. The van der Waals surface area contributed by atoms with Gasteiger partial charge in [-0.3, -0.25) is 0 Å². The molecule has 0 aromatic heterocycles. The van der Waals surface area contributed by atoms with Crippen LogP contribution in [0, 0.1) is 12.7 Å². The number of rotatable bonds is 5. The van der Waals surface area contributed by atoms with Crippen LogP contribution in [0.25, 0.3) is 0 Å². The van der Waals surface area contributed by atoms with E-state index in [1.165, 1.54) is 11.6 Å². The highest BCUT2D eigenvalue weighted by Gasteiger charge is 2.03. The summed E-state index contributed by atoms with van der Waals surface area (Å²) in [5.41, 5.74) is 4.25. The van der Waals surface area contributed by atoms with Crippen LogP contribution >= 0.6 is 0 Å². The van der Waals surface area contributed by atoms with Crippen molar-refractivity contribution in [1.29, 1.82) is 0 Å². The zero-order chi connectivity index (χ0) is 14.5. The third kappa shape index (κ3) is 3.60. The van der Waals surface area contributed by atoms with Gasteiger partial charge in [-0.05, 0) is 54.2 Å². The summed E-state index contributed by atoms with van der Waals surface area (Å²) >= 11 is 0. The molecule has 106 valence electrons. The molecule has 1 unspecified atom stereocenters. The third-order valence-corrected chi connectivity index (χ3v) is 3.81. The number of hydrogen-bond donors (Lipinski definition) is 1. The minimum atomic E-state index is -0.147. The molecule has 2 aromatic carbocycles. The maximum absolute atomic E-state index is 13.2. The van der Waals surface area contributed by atoms with Crippen molar-refractivity contribution in [1.82, 2.24) is 0 Å². The molecule has 0 bridgehead atoms. The minimum absolute atomic E-state index is 0.147. The van der Waals surface area contributed by atoms with Gasteiger partial charge in [0, 0.05) is 12.2 Å². The van der Waals surface area contributed by atoms with E-state index in [4.69, 9.17) is 0 Å². The number of benzene rings is 2. The highest BCUT2D eigenvalue weighted by atomic mass is 19.1. The van der Waals surface area contributed by atoms with Crippen LogP contribution in [0.4, 0.5) is 10.1 Å². The van der Waals surface area contributed by atoms with Crippen LogP contribution < -0.4 is 5.32 Å². The second kappa shape index (κ2) is 6.56. The van der Waals surface area contributed by atoms with E-state index in [-0.39, 0.29) is 5.82 Å². The molecule has 0 fully saturated rings. The summed E-state index contributed by atoms with van der Waals surface area (Å²) < 4.78 is 13.2. The first-order valence-electron chi connectivity index (χ1n) is 7.19. The summed E-state index contributed by atoms with van der Waals surface area (Å²) in [5, 5.41) is 3.37. The maximum atomic E-state index is 13.2. The molecule has 2 aromatic rings. The lowest BCUT2D eigenvalue weighted by Gasteiger charge is -2.11. The summed E-state index contributed by atoms with van der Waals surface area (Å²) in [6.45, 7) is 6.95. The molecule has 0 aliphatic rings. The van der Waals surface area contributed by atoms with Crippen LogP contribution in [0.2, 0.25) is 0 Å². The highest BCUT2D eigenvalue weighted by Crippen LogP contribution is 2.21. The molecular weight excluding hydrogens is 249 g/mol. The lowest BCUT2D eigenvalue weighted by Crippen LogP contribution is -2.00. The maximum Gasteiger partial charge on any atom is 0.126 e. The van der Waals surface area contributed by atoms with Crippen LogP contribution in [0.15, 0.2) is 42.5 Å². The topological polar surface area (TPSA) is 12.0 Å². The normalized spacial score (nSPS) is 12.2. The molecule has 1 N–H and O–H groups in total. The Morgan fingerprint density at radius 2 is 1.80 bits per heavy atom. The van der Waals surface area contributed by atoms with Gasteiger partial charge in [-0.2, -0.15) is 0 Å². The molecule has 1 atom stereocenters. The lowest BCUT2D eigenvalue weighted by atomic mass is 9.98. The Hall–Kier alpha value is -1.83. The first-order valence-corrected chi connectivity index (χ1v) is 7.19. The molecule has 0 saturated heterocycles. The molecule has 20 heavy (non-hydrogen) atoms. The van der Waals surface area contributed by atoms with Gasteiger partial charge in [0.05, 0.1) is 0 Å². The van der Waals surface area contributed by atoms with Crippen molar-refractivity contribution in [3.8, 4) is 0 Å². The second-order valence-electron chi connectivity index (χ2n) is 5.37. The van der Waals surface area contributed by atoms with Crippen molar-refractivity contribution in [3.63, 3.8) is 0 Å². The smallest absolute Gasteiger partial charge is 0.126 e. The second-order valence-corrected chi connectivity index (χ2v) is 5.37. The molecule has 2 heteroatoms. The predicted octanol–water partition coefficient (Wildman–Crippen LogP) is 5.26. The van der Waals surface area contributed by atoms with Crippen molar-refractivity contribution in [2.45, 2.75) is 39.7 Å². The Bertz CT molecular complexity index is 560. The zero-order valence-electron chi connectivity index (χ0n) is 12.4. The van der Waals surface area contributed by atoms with Crippen LogP contribution in [-0.2, 0) is 6.54 Å². The predicted molar refractivity (Wildman–Crippen MR) is 83.6 cm³/mol. The van der Waals surface area contributed by atoms with Gasteiger partial charge in [-0.1, -0.05) is 38.1 Å². The first-order chi connectivity index (χ1) is 9.60. The van der Waals surface area contributed by atoms with E-state index in [1.807, 2.05) is 12.1 Å².